The minimum atomic E-state index is -1.93. The zero-order chi connectivity index (χ0) is 40.9. The number of ether oxygens (including phenoxy) is 4. The summed E-state index contributed by atoms with van der Waals surface area (Å²) in [4.78, 5) is 66.7. The summed E-state index contributed by atoms with van der Waals surface area (Å²) in [7, 11) is 0. The Kier molecular flexibility index (Phi) is 11.9. The molecular weight excluding hydrogens is 751 g/mol. The molecule has 4 atom stereocenters. The number of hydrogen-bond acceptors (Lipinski definition) is 11. The van der Waals surface area contributed by atoms with Crippen molar-refractivity contribution in [3.63, 3.8) is 0 Å². The SMILES string of the molecule is Cc1ccc(C(=O)OCC2OC(c3[nH]nc(C(N)=O)c3NC(=S)NC(=O)c3ccccc3)C(C)(OC(=O)c3ccc(C)cc3)C2OC(=O)c2ccc(C)cc2)cc1. The Balaban J connectivity index is 1.41. The van der Waals surface area contributed by atoms with E-state index in [1.54, 1.807) is 103 Å². The van der Waals surface area contributed by atoms with Gasteiger partial charge in [0.2, 0.25) is 0 Å². The van der Waals surface area contributed by atoms with Gasteiger partial charge in [0.1, 0.15) is 18.8 Å². The van der Waals surface area contributed by atoms with Crippen molar-refractivity contribution in [3.8, 4) is 0 Å². The minimum absolute atomic E-state index is 0.0249. The summed E-state index contributed by atoms with van der Waals surface area (Å²) >= 11 is 5.46. The summed E-state index contributed by atoms with van der Waals surface area (Å²) < 4.78 is 24.7. The number of anilines is 1. The predicted molar refractivity (Wildman–Crippen MR) is 212 cm³/mol. The summed E-state index contributed by atoms with van der Waals surface area (Å²) in [6.07, 6.45) is -4.15. The fourth-order valence-corrected chi connectivity index (χ4v) is 6.39. The molecule has 5 N–H and O–H groups in total. The van der Waals surface area contributed by atoms with E-state index in [4.69, 9.17) is 36.9 Å². The number of aromatic nitrogens is 2. The zero-order valence-corrected chi connectivity index (χ0v) is 32.2. The van der Waals surface area contributed by atoms with Crippen molar-refractivity contribution >= 4 is 52.7 Å². The summed E-state index contributed by atoms with van der Waals surface area (Å²) in [6.45, 7) is 6.59. The average Bonchev–Trinajstić information content (AvgIpc) is 3.71. The van der Waals surface area contributed by atoms with E-state index in [2.05, 4.69) is 20.8 Å². The van der Waals surface area contributed by atoms with Crippen molar-refractivity contribution < 1.29 is 42.9 Å². The number of aryl methyl sites for hydroxylation is 3. The van der Waals surface area contributed by atoms with E-state index in [0.29, 0.717) is 5.56 Å². The van der Waals surface area contributed by atoms with Crippen LogP contribution < -0.4 is 16.4 Å². The van der Waals surface area contributed by atoms with Gasteiger partial charge in [0.05, 0.1) is 28.1 Å². The number of primary amides is 1. The normalized spacial score (nSPS) is 18.6. The second kappa shape index (κ2) is 17.0. The lowest BCUT2D eigenvalue weighted by Gasteiger charge is -2.34. The van der Waals surface area contributed by atoms with Gasteiger partial charge in [-0.25, -0.2) is 14.4 Å². The van der Waals surface area contributed by atoms with Gasteiger partial charge in [-0.2, -0.15) is 5.10 Å². The van der Waals surface area contributed by atoms with Crippen molar-refractivity contribution in [2.75, 3.05) is 11.9 Å². The fraction of sp³-hybridized carbons (Fsp3) is 0.214. The minimum Gasteiger partial charge on any atom is -0.459 e. The maximum atomic E-state index is 14.0. The third-order valence-electron chi connectivity index (χ3n) is 9.31. The monoisotopic (exact) mass is 789 g/mol. The van der Waals surface area contributed by atoms with Crippen molar-refractivity contribution in [3.05, 3.63) is 153 Å². The predicted octanol–water partition coefficient (Wildman–Crippen LogP) is 5.70. The summed E-state index contributed by atoms with van der Waals surface area (Å²) in [5, 5.41) is 12.0. The molecule has 1 aliphatic rings. The molecule has 4 unspecified atom stereocenters. The molecule has 2 heterocycles. The number of thiocarbonyl (C=S) groups is 1. The Morgan fingerprint density at radius 2 is 1.30 bits per heavy atom. The van der Waals surface area contributed by atoms with Crippen LogP contribution in [0.15, 0.2) is 103 Å². The second-order valence-electron chi connectivity index (χ2n) is 13.6. The quantitative estimate of drug-likeness (QED) is 0.0724. The highest BCUT2D eigenvalue weighted by Gasteiger charge is 2.61. The van der Waals surface area contributed by atoms with E-state index in [0.717, 1.165) is 16.7 Å². The Labute approximate surface area is 333 Å². The van der Waals surface area contributed by atoms with Gasteiger partial charge in [0, 0.05) is 5.56 Å². The third kappa shape index (κ3) is 9.06. The molecular formula is C42H39N5O9S. The number of nitrogens with zero attached hydrogens (tertiary/aromatic N) is 1. The van der Waals surface area contributed by atoms with Crippen molar-refractivity contribution in [1.29, 1.82) is 0 Å². The largest absolute Gasteiger partial charge is 0.459 e. The van der Waals surface area contributed by atoms with Crippen molar-refractivity contribution in [2.24, 2.45) is 5.73 Å². The van der Waals surface area contributed by atoms with Crippen LogP contribution in [0.2, 0.25) is 0 Å². The molecule has 14 nitrogen and oxygen atoms in total. The molecule has 0 spiro atoms. The molecule has 5 aromatic rings. The van der Waals surface area contributed by atoms with Gasteiger partial charge < -0.3 is 30.0 Å². The molecule has 15 heteroatoms. The number of rotatable bonds is 11. The van der Waals surface area contributed by atoms with Crippen LogP contribution in [0.25, 0.3) is 0 Å². The zero-order valence-electron chi connectivity index (χ0n) is 31.4. The van der Waals surface area contributed by atoms with Crippen molar-refractivity contribution in [2.45, 2.75) is 51.6 Å². The first-order valence-electron chi connectivity index (χ1n) is 17.8. The second-order valence-corrected chi connectivity index (χ2v) is 14.1. The van der Waals surface area contributed by atoms with Crippen LogP contribution in [-0.2, 0) is 18.9 Å². The molecule has 0 radical (unpaired) electrons. The number of aromatic amines is 1. The lowest BCUT2D eigenvalue weighted by atomic mass is 9.89. The van der Waals surface area contributed by atoms with Gasteiger partial charge in [-0.05, 0) is 88.4 Å². The smallest absolute Gasteiger partial charge is 0.338 e. The molecule has 57 heavy (non-hydrogen) atoms. The van der Waals surface area contributed by atoms with Gasteiger partial charge in [-0.15, -0.1) is 0 Å². The lowest BCUT2D eigenvalue weighted by Crippen LogP contribution is -2.50. The maximum absolute atomic E-state index is 14.0. The fourth-order valence-electron chi connectivity index (χ4n) is 6.20. The van der Waals surface area contributed by atoms with Crippen molar-refractivity contribution in [1.82, 2.24) is 15.5 Å². The molecule has 4 aromatic carbocycles. The van der Waals surface area contributed by atoms with Crippen LogP contribution in [0.1, 0.15) is 87.3 Å². The molecule has 2 amide bonds. The summed E-state index contributed by atoms with van der Waals surface area (Å²) in [6, 6.07) is 28.2. The first kappa shape index (κ1) is 40.0. The number of carbonyl (C=O) groups excluding carboxylic acids is 5. The van der Waals surface area contributed by atoms with Gasteiger partial charge >= 0.3 is 17.9 Å². The lowest BCUT2D eigenvalue weighted by molar-refractivity contribution is -0.0895. The first-order valence-corrected chi connectivity index (χ1v) is 18.2. The van der Waals surface area contributed by atoms with E-state index in [-0.39, 0.29) is 38.9 Å². The first-order chi connectivity index (χ1) is 27.2. The molecule has 6 rings (SSSR count). The van der Waals surface area contributed by atoms with Crippen LogP contribution in [0, 0.1) is 20.8 Å². The van der Waals surface area contributed by atoms with E-state index in [9.17, 15) is 24.0 Å². The molecule has 1 saturated heterocycles. The van der Waals surface area contributed by atoms with Crippen LogP contribution in [0.4, 0.5) is 5.69 Å². The Hall–Kier alpha value is -6.71. The van der Waals surface area contributed by atoms with Gasteiger partial charge in [-0.1, -0.05) is 71.3 Å². The Morgan fingerprint density at radius 3 is 1.84 bits per heavy atom. The van der Waals surface area contributed by atoms with E-state index in [1.165, 1.54) is 6.92 Å². The summed E-state index contributed by atoms with van der Waals surface area (Å²) in [5.74, 6) is -3.83. The third-order valence-corrected chi connectivity index (χ3v) is 9.52. The number of benzene rings is 4. The molecule has 1 aromatic heterocycles. The Morgan fingerprint density at radius 1 is 0.772 bits per heavy atom. The van der Waals surface area contributed by atoms with Crippen LogP contribution in [0.5, 0.6) is 0 Å². The van der Waals surface area contributed by atoms with Crippen LogP contribution in [-0.4, -0.2) is 69.4 Å². The number of H-pyrrole nitrogens is 1. The number of nitrogens with two attached hydrogens (primary N) is 1. The highest BCUT2D eigenvalue weighted by molar-refractivity contribution is 7.80. The van der Waals surface area contributed by atoms with E-state index >= 15 is 0 Å². The molecule has 292 valence electrons. The van der Waals surface area contributed by atoms with E-state index < -0.39 is 60.2 Å². The standard InChI is InChI=1S/C42H39N5O9S/c1-23-10-16-27(17-11-23)38(50)53-22-30-34(55-39(51)28-18-12-24(2)13-19-28)42(4,56-40(52)29-20-14-25(3)15-21-29)35(54-30)32-31(33(36(43)48)47-46-32)44-41(57)45-37(49)26-8-6-5-7-9-26/h5-21,30,34-35H,22H2,1-4H3,(H2,43,48)(H,46,47)(H2,44,45,49,57). The molecule has 0 aliphatic carbocycles. The van der Waals surface area contributed by atoms with E-state index in [1.807, 2.05) is 20.8 Å². The van der Waals surface area contributed by atoms with Gasteiger partial charge in [0.25, 0.3) is 11.8 Å². The number of hydrogen-bond donors (Lipinski definition) is 4. The number of esters is 3. The molecule has 1 fully saturated rings. The van der Waals surface area contributed by atoms with Crippen LogP contribution >= 0.6 is 12.2 Å². The van der Waals surface area contributed by atoms with Gasteiger partial charge in [0.15, 0.2) is 22.5 Å². The highest BCUT2D eigenvalue weighted by atomic mass is 32.1. The van der Waals surface area contributed by atoms with Crippen LogP contribution in [0.3, 0.4) is 0 Å². The molecule has 1 aliphatic heterocycles. The topological polar surface area (TPSA) is 201 Å². The summed E-state index contributed by atoms with van der Waals surface area (Å²) in [5.41, 5.74) is 6.96. The number of nitrogens with one attached hydrogen (secondary N) is 3. The highest BCUT2D eigenvalue weighted by Crippen LogP contribution is 2.48. The molecule has 0 bridgehead atoms. The number of carbonyl (C=O) groups is 5. The Bertz CT molecular complexity index is 2310. The average molecular weight is 790 g/mol. The van der Waals surface area contributed by atoms with Gasteiger partial charge in [-0.3, -0.25) is 20.0 Å². The number of amides is 2. The maximum Gasteiger partial charge on any atom is 0.338 e. The molecule has 0 saturated carbocycles.